The average Bonchev–Trinajstić information content (AvgIpc) is 2.69. The lowest BCUT2D eigenvalue weighted by atomic mass is 10.1. The number of benzene rings is 1. The van der Waals surface area contributed by atoms with E-state index in [9.17, 15) is 8.42 Å². The minimum absolute atomic E-state index is 0.338. The summed E-state index contributed by atoms with van der Waals surface area (Å²) >= 11 is 0. The summed E-state index contributed by atoms with van der Waals surface area (Å²) in [7, 11) is -3.51. The van der Waals surface area contributed by atoms with Crippen LogP contribution in [0, 0.1) is 13.8 Å². The molecule has 0 radical (unpaired) electrons. The summed E-state index contributed by atoms with van der Waals surface area (Å²) in [5.41, 5.74) is 3.98. The van der Waals surface area contributed by atoms with Crippen molar-refractivity contribution in [3.8, 4) is 0 Å². The van der Waals surface area contributed by atoms with Crippen molar-refractivity contribution >= 4 is 16.0 Å². The van der Waals surface area contributed by atoms with Gasteiger partial charge in [-0.1, -0.05) is 6.07 Å². The van der Waals surface area contributed by atoms with E-state index in [-0.39, 0.29) is 0 Å². The van der Waals surface area contributed by atoms with E-state index in [2.05, 4.69) is 9.88 Å². The lowest BCUT2D eigenvalue weighted by Gasteiger charge is -2.30. The third-order valence-corrected chi connectivity index (χ3v) is 7.48. The van der Waals surface area contributed by atoms with E-state index in [1.54, 1.807) is 16.4 Å². The average molecular weight is 387 g/mol. The Balaban J connectivity index is 1.56. The first-order valence-electron chi connectivity index (χ1n) is 9.62. The fourth-order valence-electron chi connectivity index (χ4n) is 3.75. The number of sulfonamides is 1. The highest BCUT2D eigenvalue weighted by Crippen LogP contribution is 2.26. The molecule has 0 aliphatic carbocycles. The van der Waals surface area contributed by atoms with E-state index in [1.807, 2.05) is 26.1 Å². The standard InChI is InChI=1S/C20H26N4O2S/c1-15-6-7-18(12-16(15)2)27(25,26)24-11-8-19-17(14-24)13-21-20(22-19)23-9-4-3-5-10-23/h6-7,12-13H,3-5,8-11,14H2,1-2H3. The van der Waals surface area contributed by atoms with Gasteiger partial charge >= 0.3 is 0 Å². The number of rotatable bonds is 3. The highest BCUT2D eigenvalue weighted by atomic mass is 32.2. The van der Waals surface area contributed by atoms with E-state index in [0.29, 0.717) is 24.4 Å². The molecule has 6 nitrogen and oxygen atoms in total. The molecule has 2 aliphatic rings. The quantitative estimate of drug-likeness (QED) is 0.811. The molecule has 0 bridgehead atoms. The zero-order valence-electron chi connectivity index (χ0n) is 16.0. The van der Waals surface area contributed by atoms with Crippen molar-refractivity contribution in [3.63, 3.8) is 0 Å². The van der Waals surface area contributed by atoms with Crippen LogP contribution < -0.4 is 4.90 Å². The van der Waals surface area contributed by atoms with Crippen molar-refractivity contribution in [2.75, 3.05) is 24.5 Å². The highest BCUT2D eigenvalue weighted by Gasteiger charge is 2.30. The number of fused-ring (bicyclic) bond motifs is 1. The molecular formula is C20H26N4O2S. The summed E-state index contributed by atoms with van der Waals surface area (Å²) in [4.78, 5) is 11.9. The number of hydrogen-bond donors (Lipinski definition) is 0. The molecular weight excluding hydrogens is 360 g/mol. The Hall–Kier alpha value is -1.99. The lowest BCUT2D eigenvalue weighted by molar-refractivity contribution is 0.386. The second kappa shape index (κ2) is 7.20. The molecule has 0 N–H and O–H groups in total. The van der Waals surface area contributed by atoms with Crippen LogP contribution in [0.25, 0.3) is 0 Å². The maximum Gasteiger partial charge on any atom is 0.243 e. The van der Waals surface area contributed by atoms with Gasteiger partial charge in [-0.05, 0) is 56.4 Å². The van der Waals surface area contributed by atoms with Crippen molar-refractivity contribution in [1.29, 1.82) is 0 Å². The number of nitrogens with zero attached hydrogens (tertiary/aromatic N) is 4. The summed E-state index contributed by atoms with van der Waals surface area (Å²) in [5, 5.41) is 0. The van der Waals surface area contributed by atoms with Crippen LogP contribution in [-0.4, -0.2) is 42.3 Å². The van der Waals surface area contributed by atoms with E-state index >= 15 is 0 Å². The summed E-state index contributed by atoms with van der Waals surface area (Å²) in [5.74, 6) is 0.791. The van der Waals surface area contributed by atoms with Gasteiger partial charge in [-0.2, -0.15) is 4.31 Å². The molecule has 1 saturated heterocycles. The summed E-state index contributed by atoms with van der Waals surface area (Å²) in [6, 6.07) is 5.33. The Kier molecular flexibility index (Phi) is 4.90. The summed E-state index contributed by atoms with van der Waals surface area (Å²) in [6.45, 7) is 6.73. The highest BCUT2D eigenvalue weighted by molar-refractivity contribution is 7.89. The first-order chi connectivity index (χ1) is 12.9. The Morgan fingerprint density at radius 1 is 1.00 bits per heavy atom. The number of aromatic nitrogens is 2. The van der Waals surface area contributed by atoms with Crippen LogP contribution in [0.15, 0.2) is 29.3 Å². The molecule has 3 heterocycles. The van der Waals surface area contributed by atoms with E-state index in [1.165, 1.54) is 19.3 Å². The van der Waals surface area contributed by atoms with Gasteiger partial charge in [-0.15, -0.1) is 0 Å². The van der Waals surface area contributed by atoms with Crippen LogP contribution in [0.1, 0.15) is 41.6 Å². The molecule has 4 rings (SSSR count). The Labute approximate surface area is 161 Å². The molecule has 2 aliphatic heterocycles. The van der Waals surface area contributed by atoms with Crippen LogP contribution in [0.5, 0.6) is 0 Å². The van der Waals surface area contributed by atoms with E-state index in [0.717, 1.165) is 41.4 Å². The fourth-order valence-corrected chi connectivity index (χ4v) is 5.26. The molecule has 1 aromatic carbocycles. The minimum Gasteiger partial charge on any atom is -0.341 e. The topological polar surface area (TPSA) is 66.4 Å². The van der Waals surface area contributed by atoms with Gasteiger partial charge in [0, 0.05) is 44.4 Å². The molecule has 27 heavy (non-hydrogen) atoms. The maximum atomic E-state index is 13.1. The minimum atomic E-state index is -3.51. The molecule has 0 atom stereocenters. The largest absolute Gasteiger partial charge is 0.341 e. The smallest absolute Gasteiger partial charge is 0.243 e. The number of aryl methyl sites for hydroxylation is 2. The zero-order chi connectivity index (χ0) is 19.0. The fraction of sp³-hybridized carbons (Fsp3) is 0.500. The number of piperidine rings is 1. The number of anilines is 1. The molecule has 0 spiro atoms. The van der Waals surface area contributed by atoms with Gasteiger partial charge in [0.05, 0.1) is 10.6 Å². The van der Waals surface area contributed by atoms with Crippen molar-refractivity contribution in [2.24, 2.45) is 0 Å². The molecule has 0 unspecified atom stereocenters. The predicted octanol–water partition coefficient (Wildman–Crippen LogP) is 2.83. The second-order valence-corrected chi connectivity index (χ2v) is 9.46. The first kappa shape index (κ1) is 18.4. The van der Waals surface area contributed by atoms with Crippen molar-refractivity contribution in [1.82, 2.24) is 14.3 Å². The predicted molar refractivity (Wildman–Crippen MR) is 105 cm³/mol. The molecule has 144 valence electrons. The Morgan fingerprint density at radius 3 is 2.52 bits per heavy atom. The molecule has 1 fully saturated rings. The number of hydrogen-bond acceptors (Lipinski definition) is 5. The third kappa shape index (κ3) is 3.58. The maximum absolute atomic E-state index is 13.1. The Bertz CT molecular complexity index is 952. The van der Waals surface area contributed by atoms with Gasteiger partial charge in [0.15, 0.2) is 0 Å². The van der Waals surface area contributed by atoms with Crippen molar-refractivity contribution in [3.05, 3.63) is 46.8 Å². The normalized spacial score (nSPS) is 18.4. The van der Waals surface area contributed by atoms with Crippen LogP contribution in [0.4, 0.5) is 5.95 Å². The SMILES string of the molecule is Cc1ccc(S(=O)(=O)N2CCc3nc(N4CCCCC4)ncc3C2)cc1C. The van der Waals surface area contributed by atoms with Gasteiger partial charge < -0.3 is 4.90 Å². The van der Waals surface area contributed by atoms with E-state index in [4.69, 9.17) is 4.98 Å². The summed E-state index contributed by atoms with van der Waals surface area (Å²) in [6.07, 6.45) is 6.08. The second-order valence-electron chi connectivity index (χ2n) is 7.52. The van der Waals surface area contributed by atoms with Crippen LogP contribution in [0.3, 0.4) is 0 Å². The van der Waals surface area contributed by atoms with Crippen LogP contribution in [-0.2, 0) is 23.0 Å². The lowest BCUT2D eigenvalue weighted by Crippen LogP contribution is -2.37. The van der Waals surface area contributed by atoms with Crippen molar-refractivity contribution in [2.45, 2.75) is 51.0 Å². The van der Waals surface area contributed by atoms with Gasteiger partial charge in [-0.3, -0.25) is 0 Å². The van der Waals surface area contributed by atoms with Crippen LogP contribution >= 0.6 is 0 Å². The van der Waals surface area contributed by atoms with Gasteiger partial charge in [0.25, 0.3) is 0 Å². The molecule has 1 aromatic heterocycles. The zero-order valence-corrected chi connectivity index (χ0v) is 16.8. The molecule has 2 aromatic rings. The van der Waals surface area contributed by atoms with Gasteiger partial charge in [-0.25, -0.2) is 18.4 Å². The molecule has 7 heteroatoms. The van der Waals surface area contributed by atoms with E-state index < -0.39 is 10.0 Å². The third-order valence-electron chi connectivity index (χ3n) is 5.64. The van der Waals surface area contributed by atoms with Crippen LogP contribution in [0.2, 0.25) is 0 Å². The summed E-state index contributed by atoms with van der Waals surface area (Å²) < 4.78 is 27.6. The van der Waals surface area contributed by atoms with Gasteiger partial charge in [0.1, 0.15) is 0 Å². The first-order valence-corrected chi connectivity index (χ1v) is 11.1. The van der Waals surface area contributed by atoms with Crippen molar-refractivity contribution < 1.29 is 8.42 Å². The van der Waals surface area contributed by atoms with Gasteiger partial charge in [0.2, 0.25) is 16.0 Å². The monoisotopic (exact) mass is 386 g/mol. The Morgan fingerprint density at radius 2 is 1.78 bits per heavy atom. The molecule has 0 amide bonds. The molecule has 0 saturated carbocycles.